The third-order valence-electron chi connectivity index (χ3n) is 2.04. The number of alkyl halides is 1. The highest BCUT2D eigenvalue weighted by Gasteiger charge is 2.05. The van der Waals surface area contributed by atoms with Crippen LogP contribution >= 0.6 is 11.6 Å². The molecule has 0 bridgehead atoms. The number of para-hydroxylation sites is 2. The van der Waals surface area contributed by atoms with Crippen molar-refractivity contribution < 1.29 is 9.53 Å². The van der Waals surface area contributed by atoms with Gasteiger partial charge in [0.15, 0.2) is 0 Å². The van der Waals surface area contributed by atoms with Gasteiger partial charge in [0, 0.05) is 0 Å². The topological polar surface area (TPSA) is 38.3 Å². The Labute approximate surface area is 101 Å². The second-order valence-corrected chi connectivity index (χ2v) is 3.65. The van der Waals surface area contributed by atoms with Gasteiger partial charge in [-0.1, -0.05) is 25.5 Å². The highest BCUT2D eigenvalue weighted by Crippen LogP contribution is 2.23. The quantitative estimate of drug-likeness (QED) is 0.614. The summed E-state index contributed by atoms with van der Waals surface area (Å²) in [6.45, 7) is 2.76. The Kier molecular flexibility index (Phi) is 5.72. The number of anilines is 1. The summed E-state index contributed by atoms with van der Waals surface area (Å²) >= 11 is 5.43. The molecule has 0 unspecified atom stereocenters. The molecule has 1 amide bonds. The van der Waals surface area contributed by atoms with Crippen LogP contribution < -0.4 is 10.1 Å². The van der Waals surface area contributed by atoms with Crippen LogP contribution in [0.4, 0.5) is 5.69 Å². The van der Waals surface area contributed by atoms with Crippen molar-refractivity contribution >= 4 is 23.2 Å². The van der Waals surface area contributed by atoms with E-state index in [1.54, 1.807) is 6.07 Å². The fourth-order valence-corrected chi connectivity index (χ4v) is 1.27. The van der Waals surface area contributed by atoms with Crippen LogP contribution in [0.25, 0.3) is 0 Å². The molecule has 0 radical (unpaired) electrons. The smallest absolute Gasteiger partial charge is 0.239 e. The van der Waals surface area contributed by atoms with E-state index in [0.717, 1.165) is 12.8 Å². The molecule has 0 aromatic heterocycles. The van der Waals surface area contributed by atoms with Crippen molar-refractivity contribution in [1.29, 1.82) is 0 Å². The van der Waals surface area contributed by atoms with E-state index in [1.165, 1.54) is 0 Å². The fourth-order valence-electron chi connectivity index (χ4n) is 1.21. The van der Waals surface area contributed by atoms with Crippen LogP contribution in [-0.4, -0.2) is 18.4 Å². The maximum absolute atomic E-state index is 11.2. The molecule has 3 nitrogen and oxygen atoms in total. The number of ether oxygens (including phenoxy) is 1. The third kappa shape index (κ3) is 4.11. The molecule has 1 aromatic rings. The minimum absolute atomic E-state index is 0.0523. The number of amides is 1. The lowest BCUT2D eigenvalue weighted by Crippen LogP contribution is -2.13. The number of hydrogen-bond acceptors (Lipinski definition) is 2. The van der Waals surface area contributed by atoms with Crippen LogP contribution in [-0.2, 0) is 4.79 Å². The number of carbonyl (C=O) groups is 1. The first-order valence-electron chi connectivity index (χ1n) is 5.35. The van der Waals surface area contributed by atoms with Gasteiger partial charge < -0.3 is 10.1 Å². The fraction of sp³-hybridized carbons (Fsp3) is 0.417. The Hall–Kier alpha value is -1.22. The summed E-state index contributed by atoms with van der Waals surface area (Å²) in [5.74, 6) is 0.408. The standard InChI is InChI=1S/C12H16ClNO2/c1-2-3-8-16-11-7-5-4-6-10(11)14-12(15)9-13/h4-7H,2-3,8-9H2,1H3,(H,14,15). The lowest BCUT2D eigenvalue weighted by atomic mass is 10.3. The van der Waals surface area contributed by atoms with Crippen molar-refractivity contribution in [2.75, 3.05) is 17.8 Å². The van der Waals surface area contributed by atoms with Gasteiger partial charge >= 0.3 is 0 Å². The van der Waals surface area contributed by atoms with E-state index < -0.39 is 0 Å². The highest BCUT2D eigenvalue weighted by molar-refractivity contribution is 6.29. The number of carbonyl (C=O) groups excluding carboxylic acids is 1. The predicted octanol–water partition coefficient (Wildman–Crippen LogP) is 3.04. The normalized spacial score (nSPS) is 9.88. The van der Waals surface area contributed by atoms with Crippen LogP contribution in [0.5, 0.6) is 5.75 Å². The largest absolute Gasteiger partial charge is 0.491 e. The van der Waals surface area contributed by atoms with Crippen molar-refractivity contribution in [3.63, 3.8) is 0 Å². The van der Waals surface area contributed by atoms with Crippen LogP contribution in [0, 0.1) is 0 Å². The van der Waals surface area contributed by atoms with E-state index in [-0.39, 0.29) is 11.8 Å². The van der Waals surface area contributed by atoms with Crippen molar-refractivity contribution in [1.82, 2.24) is 0 Å². The number of hydrogen-bond donors (Lipinski definition) is 1. The Morgan fingerprint density at radius 3 is 2.88 bits per heavy atom. The zero-order chi connectivity index (χ0) is 11.8. The van der Waals surface area contributed by atoms with Gasteiger partial charge in [0.2, 0.25) is 5.91 Å². The maximum atomic E-state index is 11.2. The molecule has 1 aromatic carbocycles. The molecule has 0 aliphatic rings. The molecule has 88 valence electrons. The van der Waals surface area contributed by atoms with E-state index in [1.807, 2.05) is 18.2 Å². The second kappa shape index (κ2) is 7.12. The zero-order valence-corrected chi connectivity index (χ0v) is 10.1. The first-order valence-corrected chi connectivity index (χ1v) is 5.89. The molecule has 0 aliphatic heterocycles. The van der Waals surface area contributed by atoms with Crippen LogP contribution in [0.1, 0.15) is 19.8 Å². The molecule has 1 N–H and O–H groups in total. The first-order chi connectivity index (χ1) is 7.77. The average Bonchev–Trinajstić information content (AvgIpc) is 2.31. The van der Waals surface area contributed by atoms with E-state index >= 15 is 0 Å². The molecular weight excluding hydrogens is 226 g/mol. The first kappa shape index (κ1) is 12.8. The third-order valence-corrected chi connectivity index (χ3v) is 2.28. The van der Waals surface area contributed by atoms with Gasteiger partial charge in [-0.05, 0) is 18.6 Å². The van der Waals surface area contributed by atoms with E-state index in [4.69, 9.17) is 16.3 Å². The Bertz CT molecular complexity index is 342. The minimum atomic E-state index is -0.229. The number of unbranched alkanes of at least 4 members (excludes halogenated alkanes) is 1. The number of rotatable bonds is 6. The lowest BCUT2D eigenvalue weighted by molar-refractivity contribution is -0.113. The maximum Gasteiger partial charge on any atom is 0.239 e. The molecule has 0 saturated carbocycles. The summed E-state index contributed by atoms with van der Waals surface area (Å²) in [5, 5.41) is 2.69. The summed E-state index contributed by atoms with van der Waals surface area (Å²) in [4.78, 5) is 11.2. The van der Waals surface area contributed by atoms with Crippen molar-refractivity contribution in [2.45, 2.75) is 19.8 Å². The van der Waals surface area contributed by atoms with Crippen molar-refractivity contribution in [3.8, 4) is 5.75 Å². The molecule has 0 saturated heterocycles. The molecule has 0 heterocycles. The Morgan fingerprint density at radius 1 is 1.44 bits per heavy atom. The van der Waals surface area contributed by atoms with Gasteiger partial charge in [0.05, 0.1) is 12.3 Å². The molecular formula is C12H16ClNO2. The molecule has 1 rings (SSSR count). The van der Waals surface area contributed by atoms with Gasteiger partial charge in [0.1, 0.15) is 11.6 Å². The van der Waals surface area contributed by atoms with Crippen LogP contribution in [0.3, 0.4) is 0 Å². The van der Waals surface area contributed by atoms with Gasteiger partial charge in [0.25, 0.3) is 0 Å². The van der Waals surface area contributed by atoms with Crippen LogP contribution in [0.2, 0.25) is 0 Å². The summed E-state index contributed by atoms with van der Waals surface area (Å²) in [5.41, 5.74) is 0.671. The highest BCUT2D eigenvalue weighted by atomic mass is 35.5. The summed E-state index contributed by atoms with van der Waals surface area (Å²) in [6.07, 6.45) is 2.08. The molecule has 16 heavy (non-hydrogen) atoms. The monoisotopic (exact) mass is 241 g/mol. The number of nitrogens with one attached hydrogen (secondary N) is 1. The minimum Gasteiger partial charge on any atom is -0.491 e. The van der Waals surface area contributed by atoms with E-state index in [9.17, 15) is 4.79 Å². The average molecular weight is 242 g/mol. The van der Waals surface area contributed by atoms with Gasteiger partial charge in [-0.2, -0.15) is 0 Å². The lowest BCUT2D eigenvalue weighted by Gasteiger charge is -2.11. The predicted molar refractivity (Wildman–Crippen MR) is 66.2 cm³/mol. The van der Waals surface area contributed by atoms with Gasteiger partial charge in [-0.3, -0.25) is 4.79 Å². The van der Waals surface area contributed by atoms with Gasteiger partial charge in [-0.15, -0.1) is 11.6 Å². The van der Waals surface area contributed by atoms with E-state index in [0.29, 0.717) is 18.0 Å². The van der Waals surface area contributed by atoms with Crippen molar-refractivity contribution in [3.05, 3.63) is 24.3 Å². The van der Waals surface area contributed by atoms with Crippen molar-refractivity contribution in [2.24, 2.45) is 0 Å². The summed E-state index contributed by atoms with van der Waals surface area (Å²) in [7, 11) is 0. The SMILES string of the molecule is CCCCOc1ccccc1NC(=O)CCl. The van der Waals surface area contributed by atoms with Gasteiger partial charge in [-0.25, -0.2) is 0 Å². The summed E-state index contributed by atoms with van der Waals surface area (Å²) in [6, 6.07) is 7.35. The zero-order valence-electron chi connectivity index (χ0n) is 9.33. The summed E-state index contributed by atoms with van der Waals surface area (Å²) < 4.78 is 5.57. The Morgan fingerprint density at radius 2 is 2.19 bits per heavy atom. The molecule has 0 aliphatic carbocycles. The molecule has 4 heteroatoms. The number of halogens is 1. The molecule has 0 atom stereocenters. The molecule has 0 fully saturated rings. The van der Waals surface area contributed by atoms with E-state index in [2.05, 4.69) is 12.2 Å². The number of benzene rings is 1. The molecule has 0 spiro atoms. The van der Waals surface area contributed by atoms with Crippen LogP contribution in [0.15, 0.2) is 24.3 Å². The Balaban J connectivity index is 2.63. The second-order valence-electron chi connectivity index (χ2n) is 3.38.